The molecule has 0 aliphatic carbocycles. The molecule has 1 heterocycles. The molecule has 0 aromatic heterocycles. The first-order valence-electron chi connectivity index (χ1n) is 7.98. The van der Waals surface area contributed by atoms with E-state index in [1.807, 2.05) is 60.7 Å². The van der Waals surface area contributed by atoms with E-state index in [2.05, 4.69) is 22.6 Å². The van der Waals surface area contributed by atoms with Gasteiger partial charge < -0.3 is 19.3 Å². The topological polar surface area (TPSA) is 47.9 Å². The summed E-state index contributed by atoms with van der Waals surface area (Å²) < 4.78 is 18.3. The van der Waals surface area contributed by atoms with Crippen molar-refractivity contribution >= 4 is 22.6 Å². The maximum Gasteiger partial charge on any atom is 0.184 e. The molecule has 24 heavy (non-hydrogen) atoms. The summed E-state index contributed by atoms with van der Waals surface area (Å²) in [5, 5.41) is 10.2. The van der Waals surface area contributed by atoms with Crippen molar-refractivity contribution in [3.63, 3.8) is 0 Å². The molecule has 4 nitrogen and oxygen atoms in total. The fraction of sp³-hybridized carbons (Fsp3) is 0.368. The average molecular weight is 440 g/mol. The third-order valence-corrected chi connectivity index (χ3v) is 4.88. The average Bonchev–Trinajstić information content (AvgIpc) is 2.94. The van der Waals surface area contributed by atoms with Gasteiger partial charge in [0.1, 0.15) is 12.2 Å². The highest BCUT2D eigenvalue weighted by atomic mass is 127. The highest BCUT2D eigenvalue weighted by Crippen LogP contribution is 2.28. The van der Waals surface area contributed by atoms with Gasteiger partial charge in [0, 0.05) is 4.43 Å². The van der Waals surface area contributed by atoms with Crippen LogP contribution in [0.2, 0.25) is 0 Å². The molecule has 1 aliphatic heterocycles. The van der Waals surface area contributed by atoms with Gasteiger partial charge in [-0.1, -0.05) is 83.3 Å². The van der Waals surface area contributed by atoms with Crippen LogP contribution in [-0.4, -0.2) is 34.1 Å². The molecule has 0 spiro atoms. The predicted molar refractivity (Wildman–Crippen MR) is 99.8 cm³/mol. The first kappa shape index (κ1) is 17.8. The zero-order valence-electron chi connectivity index (χ0n) is 13.3. The molecule has 1 N–H and O–H groups in total. The fourth-order valence-corrected chi connectivity index (χ4v) is 3.45. The number of hydrogen-bond donors (Lipinski definition) is 1. The van der Waals surface area contributed by atoms with Gasteiger partial charge in [0.05, 0.1) is 19.3 Å². The van der Waals surface area contributed by atoms with Gasteiger partial charge in [-0.15, -0.1) is 0 Å². The standard InChI is InChI=1S/C19H21IO4/c20-11-16-17(22-12-14-7-3-1-4-8-14)18(19(21)24-16)23-13-15-9-5-2-6-10-15/h1-10,16-19,21H,11-13H2/t16-,17-,18+,19?/m1/s1. The van der Waals surface area contributed by atoms with Crippen LogP contribution in [0.25, 0.3) is 0 Å². The van der Waals surface area contributed by atoms with Crippen molar-refractivity contribution in [3.8, 4) is 0 Å². The molecule has 2 aromatic carbocycles. The van der Waals surface area contributed by atoms with Crippen molar-refractivity contribution in [2.45, 2.75) is 37.8 Å². The van der Waals surface area contributed by atoms with E-state index in [9.17, 15) is 5.11 Å². The maximum atomic E-state index is 10.2. The molecule has 0 bridgehead atoms. The van der Waals surface area contributed by atoms with Crippen molar-refractivity contribution in [1.29, 1.82) is 0 Å². The molecule has 1 unspecified atom stereocenters. The Bertz CT molecular complexity index is 607. The monoisotopic (exact) mass is 440 g/mol. The van der Waals surface area contributed by atoms with E-state index in [0.29, 0.717) is 13.2 Å². The van der Waals surface area contributed by atoms with Gasteiger partial charge in [-0.05, 0) is 11.1 Å². The second kappa shape index (κ2) is 8.92. The quantitative estimate of drug-likeness (QED) is 0.531. The number of alkyl halides is 1. The summed E-state index contributed by atoms with van der Waals surface area (Å²) in [7, 11) is 0. The number of aliphatic hydroxyl groups excluding tert-OH is 1. The Morgan fingerprint density at radius 3 is 1.83 bits per heavy atom. The highest BCUT2D eigenvalue weighted by Gasteiger charge is 2.45. The fourth-order valence-electron chi connectivity index (χ4n) is 2.74. The summed E-state index contributed by atoms with van der Waals surface area (Å²) >= 11 is 2.25. The Balaban J connectivity index is 1.63. The van der Waals surface area contributed by atoms with E-state index in [4.69, 9.17) is 14.2 Å². The van der Waals surface area contributed by atoms with E-state index < -0.39 is 12.4 Å². The molecule has 5 heteroatoms. The van der Waals surface area contributed by atoms with Crippen LogP contribution in [0.15, 0.2) is 60.7 Å². The van der Waals surface area contributed by atoms with Crippen molar-refractivity contribution in [2.24, 2.45) is 0 Å². The summed E-state index contributed by atoms with van der Waals surface area (Å²) in [5.41, 5.74) is 2.15. The third-order valence-electron chi connectivity index (χ3n) is 4.01. The minimum absolute atomic E-state index is 0.176. The van der Waals surface area contributed by atoms with Gasteiger partial charge in [0.25, 0.3) is 0 Å². The minimum Gasteiger partial charge on any atom is -0.368 e. The van der Waals surface area contributed by atoms with Crippen LogP contribution >= 0.6 is 22.6 Å². The molecule has 0 amide bonds. The second-order valence-corrected chi connectivity index (χ2v) is 6.62. The summed E-state index contributed by atoms with van der Waals surface area (Å²) in [6.45, 7) is 0.894. The lowest BCUT2D eigenvalue weighted by molar-refractivity contribution is -0.147. The maximum absolute atomic E-state index is 10.2. The van der Waals surface area contributed by atoms with Crippen LogP contribution in [0.3, 0.4) is 0 Å². The molecule has 1 fully saturated rings. The van der Waals surface area contributed by atoms with E-state index in [1.165, 1.54) is 0 Å². The summed E-state index contributed by atoms with van der Waals surface area (Å²) in [4.78, 5) is 0. The Morgan fingerprint density at radius 1 is 0.833 bits per heavy atom. The molecular formula is C19H21IO4. The van der Waals surface area contributed by atoms with Gasteiger partial charge in [0.2, 0.25) is 0 Å². The van der Waals surface area contributed by atoms with Crippen molar-refractivity contribution < 1.29 is 19.3 Å². The van der Waals surface area contributed by atoms with Crippen LogP contribution < -0.4 is 0 Å². The Morgan fingerprint density at radius 2 is 1.33 bits per heavy atom. The lowest BCUT2D eigenvalue weighted by atomic mass is 10.1. The molecule has 1 saturated heterocycles. The van der Waals surface area contributed by atoms with Gasteiger partial charge >= 0.3 is 0 Å². The van der Waals surface area contributed by atoms with Crippen molar-refractivity contribution in [2.75, 3.05) is 4.43 Å². The molecule has 3 rings (SSSR count). The first-order chi connectivity index (χ1) is 11.8. The molecule has 128 valence electrons. The number of hydrogen-bond acceptors (Lipinski definition) is 4. The summed E-state index contributed by atoms with van der Waals surface area (Å²) in [6.07, 6.45) is -1.92. The molecule has 0 radical (unpaired) electrons. The van der Waals surface area contributed by atoms with Crippen molar-refractivity contribution in [3.05, 3.63) is 71.8 Å². The number of benzene rings is 2. The van der Waals surface area contributed by atoms with Crippen LogP contribution in [0, 0.1) is 0 Å². The van der Waals surface area contributed by atoms with Crippen molar-refractivity contribution in [1.82, 2.24) is 0 Å². The lowest BCUT2D eigenvalue weighted by Crippen LogP contribution is -2.38. The van der Waals surface area contributed by atoms with Crippen LogP contribution in [0.1, 0.15) is 11.1 Å². The third kappa shape index (κ3) is 4.55. The normalized spacial score (nSPS) is 26.6. The van der Waals surface area contributed by atoms with Crippen LogP contribution in [0.5, 0.6) is 0 Å². The van der Waals surface area contributed by atoms with Crippen LogP contribution in [-0.2, 0) is 27.4 Å². The van der Waals surface area contributed by atoms with Gasteiger partial charge in [-0.25, -0.2) is 0 Å². The zero-order chi connectivity index (χ0) is 16.8. The zero-order valence-corrected chi connectivity index (χ0v) is 15.4. The molecular weight excluding hydrogens is 419 g/mol. The largest absolute Gasteiger partial charge is 0.368 e. The highest BCUT2D eigenvalue weighted by molar-refractivity contribution is 14.1. The van der Waals surface area contributed by atoms with Gasteiger partial charge in [-0.2, -0.15) is 0 Å². The molecule has 0 saturated carbocycles. The lowest BCUT2D eigenvalue weighted by Gasteiger charge is -2.23. The van der Waals surface area contributed by atoms with E-state index >= 15 is 0 Å². The van der Waals surface area contributed by atoms with E-state index in [0.717, 1.165) is 15.6 Å². The van der Waals surface area contributed by atoms with Gasteiger partial charge in [-0.3, -0.25) is 0 Å². The molecule has 4 atom stereocenters. The second-order valence-electron chi connectivity index (χ2n) is 5.74. The summed E-state index contributed by atoms with van der Waals surface area (Å²) in [5.74, 6) is 0. The smallest absolute Gasteiger partial charge is 0.184 e. The Hall–Kier alpha value is -0.990. The van der Waals surface area contributed by atoms with E-state index in [1.54, 1.807) is 0 Å². The number of halogens is 1. The molecule has 1 aliphatic rings. The Labute approximate surface area is 155 Å². The van der Waals surface area contributed by atoms with E-state index in [-0.39, 0.29) is 12.2 Å². The summed E-state index contributed by atoms with van der Waals surface area (Å²) in [6, 6.07) is 19.9. The van der Waals surface area contributed by atoms with Gasteiger partial charge in [0.15, 0.2) is 6.29 Å². The SMILES string of the molecule is OC1O[C@H](CI)[C@@H](OCc2ccccc2)[C@@H]1OCc1ccccc1. The minimum atomic E-state index is -0.964. The first-order valence-corrected chi connectivity index (χ1v) is 9.51. The Kier molecular flexibility index (Phi) is 6.62. The predicted octanol–water partition coefficient (Wildman–Crippen LogP) is 3.31. The van der Waals surface area contributed by atoms with Crippen LogP contribution in [0.4, 0.5) is 0 Å². The number of ether oxygens (including phenoxy) is 3. The molecule has 2 aromatic rings. The number of aliphatic hydroxyl groups is 1. The number of rotatable bonds is 7.